The summed E-state index contributed by atoms with van der Waals surface area (Å²) in [6.45, 7) is 4.39. The number of esters is 1. The van der Waals surface area contributed by atoms with Crippen LogP contribution in [0.2, 0.25) is 0 Å². The SMILES string of the molecule is CCOC(=O)CCNC(=O)c1cn(-c2ccccc2)nc1-c1ccc(CC)cc1. The van der Waals surface area contributed by atoms with E-state index in [2.05, 4.69) is 17.3 Å². The predicted molar refractivity (Wildman–Crippen MR) is 112 cm³/mol. The summed E-state index contributed by atoms with van der Waals surface area (Å²) in [7, 11) is 0. The second kappa shape index (κ2) is 9.68. The number of benzene rings is 2. The summed E-state index contributed by atoms with van der Waals surface area (Å²) in [5, 5.41) is 7.46. The molecule has 1 heterocycles. The number of nitrogens with one attached hydrogen (secondary N) is 1. The van der Waals surface area contributed by atoms with Crippen LogP contribution in [0.1, 0.15) is 36.2 Å². The van der Waals surface area contributed by atoms with Gasteiger partial charge in [0.2, 0.25) is 0 Å². The van der Waals surface area contributed by atoms with Crippen LogP contribution in [-0.2, 0) is 16.0 Å². The zero-order chi connectivity index (χ0) is 20.6. The van der Waals surface area contributed by atoms with Crippen molar-refractivity contribution in [2.75, 3.05) is 13.2 Å². The van der Waals surface area contributed by atoms with Gasteiger partial charge < -0.3 is 10.1 Å². The molecule has 150 valence electrons. The second-order valence-corrected chi connectivity index (χ2v) is 6.53. The van der Waals surface area contributed by atoms with E-state index in [0.29, 0.717) is 17.9 Å². The number of carbonyl (C=O) groups excluding carboxylic acids is 2. The van der Waals surface area contributed by atoms with E-state index in [9.17, 15) is 9.59 Å². The van der Waals surface area contributed by atoms with Crippen molar-refractivity contribution < 1.29 is 14.3 Å². The van der Waals surface area contributed by atoms with Crippen molar-refractivity contribution in [1.82, 2.24) is 15.1 Å². The summed E-state index contributed by atoms with van der Waals surface area (Å²) in [5.41, 5.74) is 4.01. The quantitative estimate of drug-likeness (QED) is 0.593. The van der Waals surface area contributed by atoms with Gasteiger partial charge in [0.15, 0.2) is 0 Å². The van der Waals surface area contributed by atoms with Crippen LogP contribution in [0.15, 0.2) is 60.8 Å². The Balaban J connectivity index is 1.88. The van der Waals surface area contributed by atoms with Crippen LogP contribution in [0.25, 0.3) is 16.9 Å². The first kappa shape index (κ1) is 20.3. The number of hydrogen-bond acceptors (Lipinski definition) is 4. The molecule has 1 amide bonds. The Labute approximate surface area is 170 Å². The molecule has 29 heavy (non-hydrogen) atoms. The number of amides is 1. The Morgan fingerprint density at radius 2 is 1.76 bits per heavy atom. The fourth-order valence-corrected chi connectivity index (χ4v) is 2.97. The molecular formula is C23H25N3O3. The van der Waals surface area contributed by atoms with Gasteiger partial charge in [-0.05, 0) is 31.0 Å². The Morgan fingerprint density at radius 1 is 1.03 bits per heavy atom. The minimum atomic E-state index is -0.330. The fourth-order valence-electron chi connectivity index (χ4n) is 2.97. The minimum absolute atomic E-state index is 0.132. The monoisotopic (exact) mass is 391 g/mol. The lowest BCUT2D eigenvalue weighted by Crippen LogP contribution is -2.26. The molecule has 6 heteroatoms. The Morgan fingerprint density at radius 3 is 2.41 bits per heavy atom. The minimum Gasteiger partial charge on any atom is -0.466 e. The Kier molecular flexibility index (Phi) is 6.79. The predicted octanol–water partition coefficient (Wildman–Crippen LogP) is 3.78. The van der Waals surface area contributed by atoms with Crippen molar-refractivity contribution in [3.05, 3.63) is 71.9 Å². The summed E-state index contributed by atoms with van der Waals surface area (Å²) in [4.78, 5) is 24.3. The van der Waals surface area contributed by atoms with Gasteiger partial charge in [-0.2, -0.15) is 5.10 Å². The highest BCUT2D eigenvalue weighted by Crippen LogP contribution is 2.24. The van der Waals surface area contributed by atoms with Crippen LogP contribution < -0.4 is 5.32 Å². The van der Waals surface area contributed by atoms with Gasteiger partial charge in [0, 0.05) is 18.3 Å². The molecule has 3 rings (SSSR count). The van der Waals surface area contributed by atoms with Crippen molar-refractivity contribution in [2.45, 2.75) is 26.7 Å². The lowest BCUT2D eigenvalue weighted by molar-refractivity contribution is -0.142. The van der Waals surface area contributed by atoms with Crippen LogP contribution in [0.3, 0.4) is 0 Å². The van der Waals surface area contributed by atoms with Gasteiger partial charge in [0.05, 0.1) is 24.3 Å². The number of para-hydroxylation sites is 1. The number of carbonyl (C=O) groups is 2. The van der Waals surface area contributed by atoms with Gasteiger partial charge >= 0.3 is 5.97 Å². The molecule has 2 aromatic carbocycles. The molecule has 0 aliphatic rings. The highest BCUT2D eigenvalue weighted by Gasteiger charge is 2.19. The number of nitrogens with zero attached hydrogens (tertiary/aromatic N) is 2. The third kappa shape index (κ3) is 5.10. The molecule has 0 atom stereocenters. The summed E-state index contributed by atoms with van der Waals surface area (Å²) < 4.78 is 6.60. The van der Waals surface area contributed by atoms with Crippen LogP contribution in [0, 0.1) is 0 Å². The van der Waals surface area contributed by atoms with Crippen molar-refractivity contribution in [1.29, 1.82) is 0 Å². The average molecular weight is 391 g/mol. The maximum Gasteiger partial charge on any atom is 0.307 e. The summed E-state index contributed by atoms with van der Waals surface area (Å²) >= 11 is 0. The lowest BCUT2D eigenvalue weighted by atomic mass is 10.0. The van der Waals surface area contributed by atoms with E-state index in [1.165, 1.54) is 5.56 Å². The molecule has 0 fully saturated rings. The molecule has 0 bridgehead atoms. The zero-order valence-corrected chi connectivity index (χ0v) is 16.7. The fraction of sp³-hybridized carbons (Fsp3) is 0.261. The number of hydrogen-bond donors (Lipinski definition) is 1. The molecule has 1 aromatic heterocycles. The molecule has 0 saturated heterocycles. The van der Waals surface area contributed by atoms with E-state index in [1.807, 2.05) is 54.6 Å². The Hall–Kier alpha value is -3.41. The van der Waals surface area contributed by atoms with Crippen molar-refractivity contribution >= 4 is 11.9 Å². The summed E-state index contributed by atoms with van der Waals surface area (Å²) in [6, 6.07) is 17.7. The topological polar surface area (TPSA) is 73.2 Å². The van der Waals surface area contributed by atoms with Gasteiger partial charge in [0.1, 0.15) is 5.69 Å². The molecule has 0 saturated carbocycles. The normalized spacial score (nSPS) is 10.6. The molecule has 0 aliphatic carbocycles. The van der Waals surface area contributed by atoms with Gasteiger partial charge in [-0.1, -0.05) is 49.4 Å². The first-order valence-electron chi connectivity index (χ1n) is 9.80. The van der Waals surface area contributed by atoms with E-state index in [1.54, 1.807) is 17.8 Å². The third-order valence-electron chi connectivity index (χ3n) is 4.54. The van der Waals surface area contributed by atoms with Gasteiger partial charge in [0.25, 0.3) is 5.91 Å². The number of aromatic nitrogens is 2. The maximum atomic E-state index is 12.8. The van der Waals surface area contributed by atoms with Gasteiger partial charge in [-0.25, -0.2) is 4.68 Å². The number of rotatable bonds is 8. The van der Waals surface area contributed by atoms with Gasteiger partial charge in [-0.3, -0.25) is 9.59 Å². The van der Waals surface area contributed by atoms with E-state index in [-0.39, 0.29) is 24.8 Å². The lowest BCUT2D eigenvalue weighted by Gasteiger charge is -2.06. The smallest absolute Gasteiger partial charge is 0.307 e. The van der Waals surface area contributed by atoms with Crippen molar-refractivity contribution in [3.63, 3.8) is 0 Å². The number of ether oxygens (including phenoxy) is 1. The highest BCUT2D eigenvalue weighted by atomic mass is 16.5. The Bertz CT molecular complexity index is 963. The second-order valence-electron chi connectivity index (χ2n) is 6.53. The van der Waals surface area contributed by atoms with Crippen LogP contribution in [0.4, 0.5) is 0 Å². The van der Waals surface area contributed by atoms with E-state index < -0.39 is 0 Å². The summed E-state index contributed by atoms with van der Waals surface area (Å²) in [5.74, 6) is -0.603. The van der Waals surface area contributed by atoms with Crippen molar-refractivity contribution in [3.8, 4) is 16.9 Å². The zero-order valence-electron chi connectivity index (χ0n) is 16.7. The molecule has 0 radical (unpaired) electrons. The van der Waals surface area contributed by atoms with Crippen molar-refractivity contribution in [2.24, 2.45) is 0 Å². The van der Waals surface area contributed by atoms with Crippen LogP contribution in [-0.4, -0.2) is 34.8 Å². The summed E-state index contributed by atoms with van der Waals surface area (Å²) in [6.07, 6.45) is 2.80. The molecule has 0 spiro atoms. The molecule has 0 aliphatic heterocycles. The van der Waals surface area contributed by atoms with E-state index in [0.717, 1.165) is 17.7 Å². The third-order valence-corrected chi connectivity index (χ3v) is 4.54. The van der Waals surface area contributed by atoms with E-state index in [4.69, 9.17) is 4.74 Å². The van der Waals surface area contributed by atoms with Crippen LogP contribution >= 0.6 is 0 Å². The molecule has 0 unspecified atom stereocenters. The van der Waals surface area contributed by atoms with Gasteiger partial charge in [-0.15, -0.1) is 0 Å². The maximum absolute atomic E-state index is 12.8. The highest BCUT2D eigenvalue weighted by molar-refractivity contribution is 6.00. The standard InChI is InChI=1S/C23H25N3O3/c1-3-17-10-12-18(13-11-17)22-20(23(28)24-15-14-21(27)29-4-2)16-26(25-22)19-8-6-5-7-9-19/h5-13,16H,3-4,14-15H2,1-2H3,(H,24,28). The average Bonchev–Trinajstić information content (AvgIpc) is 3.20. The van der Waals surface area contributed by atoms with Crippen LogP contribution in [0.5, 0.6) is 0 Å². The molecule has 6 nitrogen and oxygen atoms in total. The first-order chi connectivity index (χ1) is 14.1. The molecule has 1 N–H and O–H groups in total. The molecule has 3 aromatic rings. The van der Waals surface area contributed by atoms with E-state index >= 15 is 0 Å². The largest absolute Gasteiger partial charge is 0.466 e. The number of aryl methyl sites for hydroxylation is 1. The first-order valence-corrected chi connectivity index (χ1v) is 9.80. The molecular weight excluding hydrogens is 366 g/mol.